The Kier molecular flexibility index (Phi) is 3.49. The lowest BCUT2D eigenvalue weighted by Crippen LogP contribution is -2.04. The highest BCUT2D eigenvalue weighted by atomic mass is 16.1. The van der Waals surface area contributed by atoms with E-state index in [0.717, 1.165) is 32.8 Å². The van der Waals surface area contributed by atoms with Gasteiger partial charge in [-0.25, -0.2) is 0 Å². The van der Waals surface area contributed by atoms with Crippen LogP contribution in [0.1, 0.15) is 25.0 Å². The van der Waals surface area contributed by atoms with Gasteiger partial charge in [0.2, 0.25) is 0 Å². The molecule has 3 nitrogen and oxygen atoms in total. The monoisotopic (exact) mass is 292 g/mol. The molecule has 0 aliphatic heterocycles. The predicted octanol–water partition coefficient (Wildman–Crippen LogP) is 4.81. The average Bonchev–Trinajstić information content (AvgIpc) is 2.94. The van der Waals surface area contributed by atoms with Gasteiger partial charge in [-0.15, -0.1) is 0 Å². The largest absolute Gasteiger partial charge is 0.354 e. The second-order valence-corrected chi connectivity index (χ2v) is 5.39. The predicted molar refractivity (Wildman–Crippen MR) is 94.8 cm³/mol. The van der Waals surface area contributed by atoms with E-state index in [2.05, 4.69) is 47.2 Å². The van der Waals surface area contributed by atoms with Crippen LogP contribution in [0.2, 0.25) is 0 Å². The van der Waals surface area contributed by atoms with Gasteiger partial charge in [0.1, 0.15) is 0 Å². The van der Waals surface area contributed by atoms with Crippen LogP contribution in [0.5, 0.6) is 0 Å². The van der Waals surface area contributed by atoms with Crippen molar-refractivity contribution in [2.75, 3.05) is 0 Å². The summed E-state index contributed by atoms with van der Waals surface area (Å²) < 4.78 is 0. The van der Waals surface area contributed by atoms with E-state index in [-0.39, 0.29) is 5.56 Å². The molecule has 22 heavy (non-hydrogen) atoms. The minimum absolute atomic E-state index is 0.0371. The van der Waals surface area contributed by atoms with Crippen molar-refractivity contribution in [1.29, 1.82) is 0 Å². The van der Waals surface area contributed by atoms with Gasteiger partial charge in [-0.1, -0.05) is 43.7 Å². The first kappa shape index (κ1) is 14.4. The lowest BCUT2D eigenvalue weighted by Gasteiger charge is -2.01. The molecule has 0 aliphatic carbocycles. The van der Waals surface area contributed by atoms with E-state index < -0.39 is 0 Å². The SMILES string of the molecule is CC.Cc1ccc2c(ccc3[nH]c4c(C)c[nH]c(=O)c4c32)c1. The van der Waals surface area contributed by atoms with Gasteiger partial charge in [0, 0.05) is 17.1 Å². The van der Waals surface area contributed by atoms with E-state index in [1.54, 1.807) is 6.20 Å². The Balaban J connectivity index is 0.000000693. The molecule has 0 bridgehead atoms. The highest BCUT2D eigenvalue weighted by Gasteiger charge is 2.12. The molecule has 2 heterocycles. The zero-order valence-electron chi connectivity index (χ0n) is 13.4. The number of benzene rings is 2. The van der Waals surface area contributed by atoms with Crippen LogP contribution >= 0.6 is 0 Å². The smallest absolute Gasteiger partial charge is 0.258 e. The third-order valence-electron chi connectivity index (χ3n) is 3.98. The third kappa shape index (κ3) is 2.01. The molecule has 0 saturated heterocycles. The molecule has 4 rings (SSSR count). The lowest BCUT2D eigenvalue weighted by atomic mass is 10.0. The summed E-state index contributed by atoms with van der Waals surface area (Å²) >= 11 is 0. The maximum Gasteiger partial charge on any atom is 0.258 e. The van der Waals surface area contributed by atoms with E-state index in [4.69, 9.17) is 0 Å². The highest BCUT2D eigenvalue weighted by molar-refractivity contribution is 6.20. The standard InChI is InChI=1S/C17H14N2O.C2H6/c1-9-3-5-12-11(7-9)4-6-13-14(12)15-16(19-13)10(2)8-18-17(15)20;1-2/h3-8,19H,1-2H3,(H,18,20);1-2H3. The Morgan fingerprint density at radius 1 is 0.955 bits per heavy atom. The summed E-state index contributed by atoms with van der Waals surface area (Å²) in [6.45, 7) is 8.08. The van der Waals surface area contributed by atoms with E-state index >= 15 is 0 Å². The van der Waals surface area contributed by atoms with Crippen LogP contribution in [0.3, 0.4) is 0 Å². The van der Waals surface area contributed by atoms with Crippen LogP contribution in [0.25, 0.3) is 32.6 Å². The van der Waals surface area contributed by atoms with Crippen LogP contribution in [-0.2, 0) is 0 Å². The summed E-state index contributed by atoms with van der Waals surface area (Å²) in [6, 6.07) is 10.5. The van der Waals surface area contributed by atoms with Crippen LogP contribution in [0.4, 0.5) is 0 Å². The second kappa shape index (κ2) is 5.34. The van der Waals surface area contributed by atoms with Gasteiger partial charge in [-0.05, 0) is 36.2 Å². The number of aromatic nitrogens is 2. The Morgan fingerprint density at radius 2 is 1.73 bits per heavy atom. The second-order valence-electron chi connectivity index (χ2n) is 5.39. The zero-order chi connectivity index (χ0) is 15.9. The van der Waals surface area contributed by atoms with Gasteiger partial charge in [0.15, 0.2) is 0 Å². The van der Waals surface area contributed by atoms with E-state index in [1.165, 1.54) is 10.9 Å². The zero-order valence-corrected chi connectivity index (χ0v) is 13.4. The number of rotatable bonds is 0. The van der Waals surface area contributed by atoms with Crippen molar-refractivity contribution in [1.82, 2.24) is 9.97 Å². The van der Waals surface area contributed by atoms with Crippen LogP contribution in [-0.4, -0.2) is 9.97 Å². The van der Waals surface area contributed by atoms with Crippen molar-refractivity contribution in [2.45, 2.75) is 27.7 Å². The number of hydrogen-bond donors (Lipinski definition) is 2. The molecule has 3 heteroatoms. The molecule has 2 N–H and O–H groups in total. The van der Waals surface area contributed by atoms with Crippen LogP contribution in [0, 0.1) is 13.8 Å². The fourth-order valence-electron chi connectivity index (χ4n) is 2.99. The number of H-pyrrole nitrogens is 2. The van der Waals surface area contributed by atoms with Gasteiger partial charge in [-0.2, -0.15) is 0 Å². The maximum atomic E-state index is 12.2. The molecule has 112 valence electrons. The van der Waals surface area contributed by atoms with Gasteiger partial charge in [-0.3, -0.25) is 4.79 Å². The van der Waals surface area contributed by atoms with E-state index in [0.29, 0.717) is 0 Å². The molecule has 0 aliphatic rings. The summed E-state index contributed by atoms with van der Waals surface area (Å²) in [5, 5.41) is 4.06. The molecule has 0 radical (unpaired) electrons. The van der Waals surface area contributed by atoms with Crippen molar-refractivity contribution in [3.05, 3.63) is 58.0 Å². The fraction of sp³-hybridized carbons (Fsp3) is 0.211. The van der Waals surface area contributed by atoms with Gasteiger partial charge < -0.3 is 9.97 Å². The Bertz CT molecular complexity index is 1040. The van der Waals surface area contributed by atoms with Crippen LogP contribution in [0.15, 0.2) is 41.3 Å². The average molecular weight is 292 g/mol. The summed E-state index contributed by atoms with van der Waals surface area (Å²) in [5.74, 6) is 0. The minimum atomic E-state index is -0.0371. The van der Waals surface area contributed by atoms with E-state index in [1.807, 2.05) is 20.8 Å². The molecule has 2 aromatic carbocycles. The van der Waals surface area contributed by atoms with Crippen molar-refractivity contribution in [3.63, 3.8) is 0 Å². The van der Waals surface area contributed by atoms with Crippen molar-refractivity contribution < 1.29 is 0 Å². The van der Waals surface area contributed by atoms with Gasteiger partial charge >= 0.3 is 0 Å². The maximum absolute atomic E-state index is 12.2. The van der Waals surface area contributed by atoms with Crippen molar-refractivity contribution in [2.24, 2.45) is 0 Å². The van der Waals surface area contributed by atoms with E-state index in [9.17, 15) is 4.79 Å². The molecule has 0 saturated carbocycles. The lowest BCUT2D eigenvalue weighted by molar-refractivity contribution is 1.24. The minimum Gasteiger partial charge on any atom is -0.354 e. The molecule has 0 amide bonds. The topological polar surface area (TPSA) is 48.6 Å². The number of aryl methyl sites for hydroxylation is 2. The number of pyridine rings is 1. The van der Waals surface area contributed by atoms with Gasteiger partial charge in [0.05, 0.1) is 10.9 Å². The summed E-state index contributed by atoms with van der Waals surface area (Å²) in [5.41, 5.74) is 4.18. The Morgan fingerprint density at radius 3 is 2.50 bits per heavy atom. The first-order chi connectivity index (χ1) is 10.6. The molecule has 0 atom stereocenters. The first-order valence-corrected chi connectivity index (χ1v) is 7.68. The third-order valence-corrected chi connectivity index (χ3v) is 3.98. The molecular formula is C19H20N2O. The molecule has 0 spiro atoms. The number of aromatic amines is 2. The van der Waals surface area contributed by atoms with Gasteiger partial charge in [0.25, 0.3) is 5.56 Å². The van der Waals surface area contributed by atoms with Crippen LogP contribution < -0.4 is 5.56 Å². The molecule has 2 aromatic heterocycles. The fourth-order valence-corrected chi connectivity index (χ4v) is 2.99. The quantitative estimate of drug-likeness (QED) is 0.480. The number of nitrogens with one attached hydrogen (secondary N) is 2. The summed E-state index contributed by atoms with van der Waals surface area (Å²) in [4.78, 5) is 18.4. The molecular weight excluding hydrogens is 272 g/mol. The normalized spacial score (nSPS) is 10.9. The summed E-state index contributed by atoms with van der Waals surface area (Å²) in [6.07, 6.45) is 1.76. The molecule has 4 aromatic rings. The molecule has 0 fully saturated rings. The number of hydrogen-bond acceptors (Lipinski definition) is 1. The van der Waals surface area contributed by atoms with Crippen molar-refractivity contribution >= 4 is 32.6 Å². The van der Waals surface area contributed by atoms with Crippen molar-refractivity contribution in [3.8, 4) is 0 Å². The highest BCUT2D eigenvalue weighted by Crippen LogP contribution is 2.31. The Labute approximate surface area is 129 Å². The Hall–Kier alpha value is -2.55. The number of fused-ring (bicyclic) bond motifs is 5. The molecule has 0 unspecified atom stereocenters. The first-order valence-electron chi connectivity index (χ1n) is 7.68. The summed E-state index contributed by atoms with van der Waals surface area (Å²) in [7, 11) is 0.